The number of methoxy groups -OCH3 is 1. The van der Waals surface area contributed by atoms with Crippen molar-refractivity contribution < 1.29 is 35.9 Å². The van der Waals surface area contributed by atoms with Crippen molar-refractivity contribution in [3.63, 3.8) is 0 Å². The number of hydrogen-bond acceptors (Lipinski definition) is 2. The first-order valence-corrected chi connectivity index (χ1v) is 7.66. The fraction of sp³-hybridized carbons (Fsp3) is 0.500. The second kappa shape index (κ2) is 7.32. The van der Waals surface area contributed by atoms with Gasteiger partial charge < -0.3 is 4.74 Å². The van der Waals surface area contributed by atoms with Crippen molar-refractivity contribution in [3.8, 4) is 0 Å². The number of alkyl halides is 6. The minimum absolute atomic E-state index is 0.144. The Kier molecular flexibility index (Phi) is 6.21. The standard InChI is InChI=1S/C18H20F6O2/c1-15(2,3)13-9-7-12(8-10-13)6-5-11-16(14(25)26-4,17(19,20)21)18(22,23)24/h5-10H,11H2,1-4H3/b6-5+. The van der Waals surface area contributed by atoms with Gasteiger partial charge in [-0.25, -0.2) is 0 Å². The first-order chi connectivity index (χ1) is 11.7. The molecular formula is C18H20F6O2. The quantitative estimate of drug-likeness (QED) is 0.495. The molecule has 0 fully saturated rings. The normalized spacial score (nSPS) is 13.9. The van der Waals surface area contributed by atoms with Crippen molar-refractivity contribution in [1.82, 2.24) is 0 Å². The van der Waals surface area contributed by atoms with Gasteiger partial charge in [0.2, 0.25) is 0 Å². The third-order valence-electron chi connectivity index (χ3n) is 4.01. The molecule has 146 valence electrons. The number of ether oxygens (including phenoxy) is 1. The van der Waals surface area contributed by atoms with Crippen molar-refractivity contribution in [2.24, 2.45) is 5.41 Å². The lowest BCUT2D eigenvalue weighted by Crippen LogP contribution is -2.55. The molecule has 0 N–H and O–H groups in total. The van der Waals surface area contributed by atoms with Crippen LogP contribution in [0.3, 0.4) is 0 Å². The van der Waals surface area contributed by atoms with Crippen molar-refractivity contribution in [2.75, 3.05) is 7.11 Å². The first kappa shape index (κ1) is 22.1. The van der Waals surface area contributed by atoms with Crippen molar-refractivity contribution in [3.05, 3.63) is 41.5 Å². The van der Waals surface area contributed by atoms with E-state index in [1.807, 2.05) is 20.8 Å². The molecule has 8 heteroatoms. The van der Waals surface area contributed by atoms with Crippen molar-refractivity contribution in [2.45, 2.75) is 45.0 Å². The Morgan fingerprint density at radius 2 is 1.42 bits per heavy atom. The number of halogens is 6. The van der Waals surface area contributed by atoms with Crippen LogP contribution in [0.5, 0.6) is 0 Å². The SMILES string of the molecule is COC(=O)C(C/C=C/c1ccc(C(C)(C)C)cc1)(C(F)(F)F)C(F)(F)F. The number of benzene rings is 1. The lowest BCUT2D eigenvalue weighted by Gasteiger charge is -2.33. The summed E-state index contributed by atoms with van der Waals surface area (Å²) in [4.78, 5) is 11.4. The van der Waals surface area contributed by atoms with Gasteiger partial charge in [0, 0.05) is 0 Å². The molecule has 0 aliphatic carbocycles. The number of carbonyl (C=O) groups excluding carboxylic acids is 1. The molecule has 0 bridgehead atoms. The van der Waals surface area contributed by atoms with Crippen LogP contribution in [0.2, 0.25) is 0 Å². The minimum atomic E-state index is -5.85. The first-order valence-electron chi connectivity index (χ1n) is 7.66. The van der Waals surface area contributed by atoms with Crippen LogP contribution in [-0.4, -0.2) is 25.4 Å². The molecule has 0 heterocycles. The van der Waals surface area contributed by atoms with Crippen LogP contribution < -0.4 is 0 Å². The van der Waals surface area contributed by atoms with Gasteiger partial charge in [0.25, 0.3) is 5.41 Å². The van der Waals surface area contributed by atoms with Crippen LogP contribution >= 0.6 is 0 Å². The molecule has 0 aromatic heterocycles. The zero-order valence-electron chi connectivity index (χ0n) is 14.8. The summed E-state index contributed by atoms with van der Waals surface area (Å²) in [7, 11) is 0.490. The van der Waals surface area contributed by atoms with Gasteiger partial charge in [-0.15, -0.1) is 0 Å². The number of hydrogen-bond donors (Lipinski definition) is 0. The molecule has 2 nitrogen and oxygen atoms in total. The van der Waals surface area contributed by atoms with Gasteiger partial charge in [0.05, 0.1) is 7.11 Å². The fourth-order valence-electron chi connectivity index (χ4n) is 2.35. The Bertz CT molecular complexity index is 634. The molecule has 1 rings (SSSR count). The molecule has 0 aliphatic rings. The Hall–Kier alpha value is -1.99. The third-order valence-corrected chi connectivity index (χ3v) is 4.01. The minimum Gasteiger partial charge on any atom is -0.468 e. The molecule has 0 spiro atoms. The lowest BCUT2D eigenvalue weighted by atomic mass is 9.82. The van der Waals surface area contributed by atoms with Crippen molar-refractivity contribution >= 4 is 12.0 Å². The highest BCUT2D eigenvalue weighted by atomic mass is 19.4. The summed E-state index contributed by atoms with van der Waals surface area (Å²) in [6.45, 7) is 5.90. The highest BCUT2D eigenvalue weighted by Crippen LogP contribution is 2.53. The van der Waals surface area contributed by atoms with E-state index in [9.17, 15) is 31.1 Å². The summed E-state index contributed by atoms with van der Waals surface area (Å²) < 4.78 is 82.8. The van der Waals surface area contributed by atoms with E-state index in [-0.39, 0.29) is 5.41 Å². The monoisotopic (exact) mass is 382 g/mol. The van der Waals surface area contributed by atoms with Gasteiger partial charge in [-0.05, 0) is 23.0 Å². The second-order valence-corrected chi connectivity index (χ2v) is 6.87. The van der Waals surface area contributed by atoms with Crippen molar-refractivity contribution in [1.29, 1.82) is 0 Å². The molecule has 26 heavy (non-hydrogen) atoms. The summed E-state index contributed by atoms with van der Waals surface area (Å²) in [6, 6.07) is 6.64. The summed E-state index contributed by atoms with van der Waals surface area (Å²) >= 11 is 0. The van der Waals surface area contributed by atoms with Gasteiger partial charge in [-0.1, -0.05) is 57.2 Å². The van der Waals surface area contributed by atoms with E-state index in [4.69, 9.17) is 0 Å². The van der Waals surface area contributed by atoms with Crippen LogP contribution in [0.15, 0.2) is 30.3 Å². The number of rotatable bonds is 4. The molecule has 1 aromatic carbocycles. The summed E-state index contributed by atoms with van der Waals surface area (Å²) in [5.41, 5.74) is -3.36. The molecule has 0 amide bonds. The molecule has 0 aliphatic heterocycles. The van der Waals surface area contributed by atoms with Crippen LogP contribution in [0.1, 0.15) is 38.3 Å². The zero-order chi connectivity index (χ0) is 20.4. The summed E-state index contributed by atoms with van der Waals surface area (Å²) in [6.07, 6.45) is -11.5. The van der Waals surface area contributed by atoms with Gasteiger partial charge in [0.1, 0.15) is 0 Å². The fourth-order valence-corrected chi connectivity index (χ4v) is 2.35. The maximum Gasteiger partial charge on any atom is 0.414 e. The summed E-state index contributed by atoms with van der Waals surface area (Å²) in [5.74, 6) is -2.38. The van der Waals surface area contributed by atoms with E-state index in [1.54, 1.807) is 24.3 Å². The average Bonchev–Trinajstić information content (AvgIpc) is 2.48. The molecule has 0 radical (unpaired) electrons. The van der Waals surface area contributed by atoms with E-state index < -0.39 is 30.2 Å². The Morgan fingerprint density at radius 3 is 1.77 bits per heavy atom. The Morgan fingerprint density at radius 1 is 0.962 bits per heavy atom. The number of carbonyl (C=O) groups is 1. The van der Waals surface area contributed by atoms with Crippen LogP contribution in [0, 0.1) is 5.41 Å². The second-order valence-electron chi connectivity index (χ2n) is 6.87. The van der Waals surface area contributed by atoms with E-state index in [1.165, 1.54) is 0 Å². The molecule has 0 saturated carbocycles. The van der Waals surface area contributed by atoms with E-state index in [0.717, 1.165) is 11.6 Å². The highest BCUT2D eigenvalue weighted by molar-refractivity contribution is 5.79. The Labute approximate surface area is 147 Å². The van der Waals surface area contributed by atoms with E-state index in [0.29, 0.717) is 18.7 Å². The van der Waals surface area contributed by atoms with Crippen LogP contribution in [-0.2, 0) is 14.9 Å². The molecule has 0 unspecified atom stereocenters. The van der Waals surface area contributed by atoms with Gasteiger partial charge in [-0.2, -0.15) is 26.3 Å². The predicted molar refractivity (Wildman–Crippen MR) is 85.4 cm³/mol. The lowest BCUT2D eigenvalue weighted by molar-refractivity contribution is -0.330. The maximum absolute atomic E-state index is 13.2. The smallest absolute Gasteiger partial charge is 0.414 e. The van der Waals surface area contributed by atoms with E-state index in [2.05, 4.69) is 4.74 Å². The molecule has 1 aromatic rings. The Balaban J connectivity index is 3.18. The maximum atomic E-state index is 13.2. The van der Waals surface area contributed by atoms with Gasteiger partial charge in [0.15, 0.2) is 0 Å². The number of esters is 1. The average molecular weight is 382 g/mol. The van der Waals surface area contributed by atoms with Gasteiger partial charge >= 0.3 is 18.3 Å². The van der Waals surface area contributed by atoms with E-state index >= 15 is 0 Å². The topological polar surface area (TPSA) is 26.3 Å². The summed E-state index contributed by atoms with van der Waals surface area (Å²) in [5, 5.41) is 0. The predicted octanol–water partition coefficient (Wildman–Crippen LogP) is 5.67. The van der Waals surface area contributed by atoms with Crippen LogP contribution in [0.25, 0.3) is 6.08 Å². The highest BCUT2D eigenvalue weighted by Gasteiger charge is 2.75. The van der Waals surface area contributed by atoms with Gasteiger partial charge in [-0.3, -0.25) is 4.79 Å². The van der Waals surface area contributed by atoms with Crippen LogP contribution in [0.4, 0.5) is 26.3 Å². The third kappa shape index (κ3) is 4.40. The zero-order valence-corrected chi connectivity index (χ0v) is 14.8. The molecular weight excluding hydrogens is 362 g/mol. The largest absolute Gasteiger partial charge is 0.468 e. The molecule has 0 saturated heterocycles. The molecule has 0 atom stereocenters. The number of allylic oxidation sites excluding steroid dienone is 1.